The Bertz CT molecular complexity index is 565. The molecule has 20 heavy (non-hydrogen) atoms. The number of benzene rings is 1. The molecule has 1 aliphatic rings. The molecule has 1 aliphatic heterocycles. The van der Waals surface area contributed by atoms with Gasteiger partial charge in [0.1, 0.15) is 0 Å². The number of piperidine rings is 1. The summed E-state index contributed by atoms with van der Waals surface area (Å²) in [5.41, 5.74) is 8.44. The molecule has 2 N–H and O–H groups in total. The van der Waals surface area contributed by atoms with Gasteiger partial charge in [0.15, 0.2) is 0 Å². The lowest BCUT2D eigenvalue weighted by Crippen LogP contribution is -2.40. The minimum Gasteiger partial charge on any atom is -0.330 e. The van der Waals surface area contributed by atoms with Gasteiger partial charge in [0.25, 0.3) is 0 Å². The molecule has 0 bridgehead atoms. The second-order valence-corrected chi connectivity index (χ2v) is 7.69. The fourth-order valence-electron chi connectivity index (χ4n) is 3.09. The molecule has 0 amide bonds. The van der Waals surface area contributed by atoms with E-state index in [-0.39, 0.29) is 0 Å². The molecule has 4 nitrogen and oxygen atoms in total. The number of rotatable bonds is 3. The van der Waals surface area contributed by atoms with E-state index in [0.717, 1.165) is 29.5 Å². The highest BCUT2D eigenvalue weighted by molar-refractivity contribution is 7.89. The maximum absolute atomic E-state index is 12.8. The molecule has 0 radical (unpaired) electrons. The smallest absolute Gasteiger partial charge is 0.243 e. The van der Waals surface area contributed by atoms with E-state index in [9.17, 15) is 8.42 Å². The first-order valence-electron chi connectivity index (χ1n) is 7.14. The molecule has 1 fully saturated rings. The minimum absolute atomic E-state index is 0.460. The van der Waals surface area contributed by atoms with Gasteiger partial charge in [0, 0.05) is 13.1 Å². The first kappa shape index (κ1) is 15.5. The number of nitrogens with zero attached hydrogens (tertiary/aromatic N) is 1. The summed E-state index contributed by atoms with van der Waals surface area (Å²) in [5.74, 6) is 0.460. The highest BCUT2D eigenvalue weighted by atomic mass is 32.2. The van der Waals surface area contributed by atoms with Gasteiger partial charge in [-0.15, -0.1) is 0 Å². The quantitative estimate of drug-likeness (QED) is 0.927. The maximum Gasteiger partial charge on any atom is 0.243 e. The topological polar surface area (TPSA) is 63.4 Å². The first-order chi connectivity index (χ1) is 9.36. The van der Waals surface area contributed by atoms with Crippen molar-refractivity contribution in [2.75, 3.05) is 19.6 Å². The third-order valence-electron chi connectivity index (χ3n) is 4.11. The molecule has 0 atom stereocenters. The molecule has 0 saturated carbocycles. The monoisotopic (exact) mass is 296 g/mol. The van der Waals surface area contributed by atoms with Crippen molar-refractivity contribution in [3.8, 4) is 0 Å². The van der Waals surface area contributed by atoms with E-state index in [0.29, 0.717) is 30.4 Å². The van der Waals surface area contributed by atoms with Crippen molar-refractivity contribution in [2.45, 2.75) is 38.5 Å². The van der Waals surface area contributed by atoms with Crippen molar-refractivity contribution in [1.82, 2.24) is 4.31 Å². The van der Waals surface area contributed by atoms with Gasteiger partial charge in [-0.2, -0.15) is 4.31 Å². The van der Waals surface area contributed by atoms with Crippen LogP contribution in [0.2, 0.25) is 0 Å². The van der Waals surface area contributed by atoms with E-state index in [4.69, 9.17) is 5.73 Å². The molecule has 0 unspecified atom stereocenters. The predicted octanol–water partition coefficient (Wildman–Crippen LogP) is 1.97. The van der Waals surface area contributed by atoms with Crippen molar-refractivity contribution >= 4 is 10.0 Å². The van der Waals surface area contributed by atoms with E-state index in [2.05, 4.69) is 0 Å². The van der Waals surface area contributed by atoms with E-state index >= 15 is 0 Å². The van der Waals surface area contributed by atoms with E-state index < -0.39 is 10.0 Å². The summed E-state index contributed by atoms with van der Waals surface area (Å²) in [6.07, 6.45) is 1.72. The Labute approximate surface area is 122 Å². The van der Waals surface area contributed by atoms with Crippen LogP contribution in [-0.2, 0) is 10.0 Å². The van der Waals surface area contributed by atoms with Gasteiger partial charge in [-0.25, -0.2) is 8.42 Å². The zero-order valence-corrected chi connectivity index (χ0v) is 13.3. The lowest BCUT2D eigenvalue weighted by molar-refractivity contribution is 0.278. The summed E-state index contributed by atoms with van der Waals surface area (Å²) in [5, 5.41) is 0. The zero-order valence-electron chi connectivity index (χ0n) is 12.5. The van der Waals surface area contributed by atoms with Crippen LogP contribution in [0.3, 0.4) is 0 Å². The summed E-state index contributed by atoms with van der Waals surface area (Å²) >= 11 is 0. The van der Waals surface area contributed by atoms with Gasteiger partial charge in [0.05, 0.1) is 4.90 Å². The first-order valence-corrected chi connectivity index (χ1v) is 8.58. The molecule has 0 aromatic heterocycles. The fraction of sp³-hybridized carbons (Fsp3) is 0.600. The average molecular weight is 296 g/mol. The molecule has 0 aliphatic carbocycles. The third-order valence-corrected chi connectivity index (χ3v) is 6.31. The number of sulfonamides is 1. The predicted molar refractivity (Wildman–Crippen MR) is 81.2 cm³/mol. The van der Waals surface area contributed by atoms with Gasteiger partial charge >= 0.3 is 0 Å². The molecule has 1 saturated heterocycles. The van der Waals surface area contributed by atoms with Gasteiger partial charge < -0.3 is 5.73 Å². The van der Waals surface area contributed by atoms with Crippen LogP contribution in [-0.4, -0.2) is 32.4 Å². The molecular weight excluding hydrogens is 272 g/mol. The normalized spacial score (nSPS) is 18.4. The van der Waals surface area contributed by atoms with Gasteiger partial charge in [0.2, 0.25) is 10.0 Å². The second-order valence-electron chi connectivity index (χ2n) is 5.81. The summed E-state index contributed by atoms with van der Waals surface area (Å²) in [6.45, 7) is 7.55. The Morgan fingerprint density at radius 2 is 1.65 bits per heavy atom. The SMILES string of the molecule is Cc1cc(C)c(S(=O)(=O)N2CCC(CN)CC2)c(C)c1. The Morgan fingerprint density at radius 1 is 1.15 bits per heavy atom. The molecular formula is C15H24N2O2S. The van der Waals surface area contributed by atoms with Gasteiger partial charge in [-0.3, -0.25) is 0 Å². The van der Waals surface area contributed by atoms with Crippen LogP contribution in [0, 0.1) is 26.7 Å². The molecule has 112 valence electrons. The minimum atomic E-state index is -3.38. The van der Waals surface area contributed by atoms with Crippen LogP contribution in [0.5, 0.6) is 0 Å². The molecule has 5 heteroatoms. The number of hydrogen-bond acceptors (Lipinski definition) is 3. The van der Waals surface area contributed by atoms with Crippen LogP contribution in [0.1, 0.15) is 29.5 Å². The van der Waals surface area contributed by atoms with Crippen molar-refractivity contribution in [1.29, 1.82) is 0 Å². The Balaban J connectivity index is 2.32. The maximum atomic E-state index is 12.8. The summed E-state index contributed by atoms with van der Waals surface area (Å²) in [7, 11) is -3.38. The summed E-state index contributed by atoms with van der Waals surface area (Å²) in [6, 6.07) is 3.87. The standard InChI is InChI=1S/C15H24N2O2S/c1-11-8-12(2)15(13(3)9-11)20(18,19)17-6-4-14(10-16)5-7-17/h8-9,14H,4-7,10,16H2,1-3H3. The van der Waals surface area contributed by atoms with Crippen LogP contribution in [0.15, 0.2) is 17.0 Å². The van der Waals surface area contributed by atoms with Crippen molar-refractivity contribution < 1.29 is 8.42 Å². The van der Waals surface area contributed by atoms with E-state index in [1.54, 1.807) is 4.31 Å². The van der Waals surface area contributed by atoms with Gasteiger partial charge in [-0.05, 0) is 57.2 Å². The van der Waals surface area contributed by atoms with Crippen LogP contribution < -0.4 is 5.73 Å². The second kappa shape index (κ2) is 5.84. The number of hydrogen-bond donors (Lipinski definition) is 1. The van der Waals surface area contributed by atoms with Crippen molar-refractivity contribution in [3.63, 3.8) is 0 Å². The number of nitrogens with two attached hydrogens (primary N) is 1. The zero-order chi connectivity index (χ0) is 14.9. The van der Waals surface area contributed by atoms with Crippen molar-refractivity contribution in [3.05, 3.63) is 28.8 Å². The van der Waals surface area contributed by atoms with Crippen LogP contribution in [0.25, 0.3) is 0 Å². The molecule has 1 aromatic carbocycles. The van der Waals surface area contributed by atoms with Gasteiger partial charge in [-0.1, -0.05) is 17.7 Å². The average Bonchev–Trinajstić information content (AvgIpc) is 2.37. The Morgan fingerprint density at radius 3 is 2.10 bits per heavy atom. The van der Waals surface area contributed by atoms with E-state index in [1.807, 2.05) is 32.9 Å². The molecule has 0 spiro atoms. The van der Waals surface area contributed by atoms with Crippen molar-refractivity contribution in [2.24, 2.45) is 11.7 Å². The Hall–Kier alpha value is -0.910. The third kappa shape index (κ3) is 2.90. The van der Waals surface area contributed by atoms with Crippen LogP contribution >= 0.6 is 0 Å². The lowest BCUT2D eigenvalue weighted by atomic mass is 9.99. The van der Waals surface area contributed by atoms with E-state index in [1.165, 1.54) is 0 Å². The lowest BCUT2D eigenvalue weighted by Gasteiger charge is -2.31. The molecule has 1 heterocycles. The Kier molecular flexibility index (Phi) is 4.52. The summed E-state index contributed by atoms with van der Waals surface area (Å²) in [4.78, 5) is 0.481. The van der Waals surface area contributed by atoms with Crippen LogP contribution in [0.4, 0.5) is 0 Å². The highest BCUT2D eigenvalue weighted by Crippen LogP contribution is 2.28. The number of aryl methyl sites for hydroxylation is 3. The highest BCUT2D eigenvalue weighted by Gasteiger charge is 2.31. The largest absolute Gasteiger partial charge is 0.330 e. The summed E-state index contributed by atoms with van der Waals surface area (Å²) < 4.78 is 27.3. The molecule has 1 aromatic rings. The fourth-order valence-corrected chi connectivity index (χ4v) is 4.97. The molecule has 2 rings (SSSR count).